The predicted molar refractivity (Wildman–Crippen MR) is 96.3 cm³/mol. The first-order chi connectivity index (χ1) is 10.3. The molecule has 3 atom stereocenters. The first-order valence-electron chi connectivity index (χ1n) is 7.63. The van der Waals surface area contributed by atoms with E-state index in [0.29, 0.717) is 23.1 Å². The third-order valence-corrected chi connectivity index (χ3v) is 4.83. The first kappa shape index (κ1) is 21.0. The molecule has 126 valence electrons. The summed E-state index contributed by atoms with van der Waals surface area (Å²) in [6.45, 7) is 11.2. The molecule has 0 heterocycles. The maximum atomic E-state index is 14.1. The summed E-state index contributed by atoms with van der Waals surface area (Å²) in [6, 6.07) is 0. The molecule has 0 fully saturated rings. The summed E-state index contributed by atoms with van der Waals surface area (Å²) >= 11 is 1.69. The largest absolute Gasteiger partial charge is 0.402 e. The van der Waals surface area contributed by atoms with Crippen molar-refractivity contribution in [3.8, 4) is 0 Å². The zero-order chi connectivity index (χ0) is 17.1. The summed E-state index contributed by atoms with van der Waals surface area (Å²) in [5, 5.41) is 0.333. The number of hydrogen-bond acceptors (Lipinski definition) is 2. The van der Waals surface area contributed by atoms with Gasteiger partial charge in [0.1, 0.15) is 12.0 Å². The zero-order valence-corrected chi connectivity index (χ0v) is 14.9. The first-order valence-corrected chi connectivity index (χ1v) is 8.68. The van der Waals surface area contributed by atoms with Crippen molar-refractivity contribution in [2.75, 3.05) is 5.75 Å². The van der Waals surface area contributed by atoms with Gasteiger partial charge in [-0.1, -0.05) is 37.3 Å². The van der Waals surface area contributed by atoms with E-state index in [2.05, 4.69) is 26.5 Å². The van der Waals surface area contributed by atoms with E-state index in [1.807, 2.05) is 19.1 Å². The Bertz CT molecular complexity index is 427. The van der Waals surface area contributed by atoms with E-state index < -0.39 is 17.9 Å². The van der Waals surface area contributed by atoms with Crippen molar-refractivity contribution in [3.63, 3.8) is 0 Å². The highest BCUT2D eigenvalue weighted by atomic mass is 32.2. The fraction of sp³-hybridized carbons (Fsp3) is 0.556. The van der Waals surface area contributed by atoms with Crippen LogP contribution in [0.15, 0.2) is 48.0 Å². The molecule has 0 aromatic heterocycles. The lowest BCUT2D eigenvalue weighted by Crippen LogP contribution is -2.15. The monoisotopic (exact) mass is 329 g/mol. The van der Waals surface area contributed by atoms with Crippen LogP contribution in [0.1, 0.15) is 40.5 Å². The summed E-state index contributed by atoms with van der Waals surface area (Å²) < 4.78 is 27.8. The number of nitrogens with two attached hydrogens (primary N) is 1. The van der Waals surface area contributed by atoms with Gasteiger partial charge in [-0.3, -0.25) is 0 Å². The Kier molecular flexibility index (Phi) is 11.0. The van der Waals surface area contributed by atoms with E-state index in [1.54, 1.807) is 18.7 Å². The van der Waals surface area contributed by atoms with Crippen molar-refractivity contribution in [3.05, 3.63) is 48.0 Å². The molecule has 0 saturated heterocycles. The summed E-state index contributed by atoms with van der Waals surface area (Å²) in [5.74, 6) is -0.499. The summed E-state index contributed by atoms with van der Waals surface area (Å²) in [6.07, 6.45) is 6.78. The molecule has 0 aliphatic rings. The maximum absolute atomic E-state index is 14.1. The molecule has 3 unspecified atom stereocenters. The van der Waals surface area contributed by atoms with Gasteiger partial charge < -0.3 is 5.73 Å². The summed E-state index contributed by atoms with van der Waals surface area (Å²) in [7, 11) is 0. The molecule has 0 aromatic carbocycles. The van der Waals surface area contributed by atoms with E-state index >= 15 is 0 Å². The Labute approximate surface area is 138 Å². The van der Waals surface area contributed by atoms with E-state index in [0.717, 1.165) is 0 Å². The van der Waals surface area contributed by atoms with Gasteiger partial charge in [-0.2, -0.15) is 11.8 Å². The number of halogens is 2. The van der Waals surface area contributed by atoms with E-state index in [4.69, 9.17) is 5.73 Å². The maximum Gasteiger partial charge on any atom is 0.110 e. The van der Waals surface area contributed by atoms with Gasteiger partial charge >= 0.3 is 0 Å². The molecule has 0 radical (unpaired) electrons. The summed E-state index contributed by atoms with van der Waals surface area (Å²) in [4.78, 5) is 0. The third kappa shape index (κ3) is 9.08. The van der Waals surface area contributed by atoms with Crippen LogP contribution < -0.4 is 5.73 Å². The molecule has 0 spiro atoms. The predicted octanol–water partition coefficient (Wildman–Crippen LogP) is 5.71. The minimum absolute atomic E-state index is 0.254. The summed E-state index contributed by atoms with van der Waals surface area (Å²) in [5.41, 5.74) is 7.01. The number of thioether (sulfide) groups is 1. The van der Waals surface area contributed by atoms with Crippen LogP contribution in [0.4, 0.5) is 8.78 Å². The number of hydrogen-bond donors (Lipinski definition) is 1. The van der Waals surface area contributed by atoms with Crippen molar-refractivity contribution >= 4 is 11.8 Å². The van der Waals surface area contributed by atoms with E-state index in [-0.39, 0.29) is 6.42 Å². The quantitative estimate of drug-likeness (QED) is 0.519. The van der Waals surface area contributed by atoms with Gasteiger partial charge in [0.2, 0.25) is 0 Å². The van der Waals surface area contributed by atoms with Gasteiger partial charge in [0.25, 0.3) is 0 Å². The normalized spacial score (nSPS) is 17.5. The average Bonchev–Trinajstić information content (AvgIpc) is 2.48. The van der Waals surface area contributed by atoms with Gasteiger partial charge in [0.15, 0.2) is 0 Å². The molecule has 0 aromatic rings. The Morgan fingerprint density at radius 2 is 2.00 bits per heavy atom. The standard InChI is InChI=1S/C18H29F2NS/c1-6-7-8-13(2)16(5)22-12-11-18(20)15(4)17(19)10-9-14(3)21/h6-8,10,15-16,18H,3,9,11-12,21H2,1-2,4-5H3/b7-6-,13-8+,17-10-. The lowest BCUT2D eigenvalue weighted by atomic mass is 10.0. The van der Waals surface area contributed by atoms with Crippen LogP contribution in [0.2, 0.25) is 0 Å². The molecule has 22 heavy (non-hydrogen) atoms. The molecule has 0 aliphatic carbocycles. The molecular weight excluding hydrogens is 300 g/mol. The van der Waals surface area contributed by atoms with Gasteiger partial charge in [0, 0.05) is 23.3 Å². The third-order valence-electron chi connectivity index (χ3n) is 3.49. The highest BCUT2D eigenvalue weighted by molar-refractivity contribution is 8.00. The van der Waals surface area contributed by atoms with Gasteiger partial charge in [-0.05, 0) is 39.0 Å². The Hall–Kier alpha value is -1.03. The van der Waals surface area contributed by atoms with Crippen molar-refractivity contribution in [2.45, 2.75) is 52.0 Å². The SMILES string of the molecule is C=C(N)C/C=C(\F)C(C)C(F)CCSC(C)/C(C)=C/C=C\C. The van der Waals surface area contributed by atoms with Gasteiger partial charge in [0.05, 0.1) is 0 Å². The minimum Gasteiger partial charge on any atom is -0.402 e. The molecule has 0 aliphatic heterocycles. The molecule has 0 bridgehead atoms. The van der Waals surface area contributed by atoms with Gasteiger partial charge in [-0.15, -0.1) is 0 Å². The molecule has 0 rings (SSSR count). The average molecular weight is 330 g/mol. The molecule has 0 amide bonds. The molecule has 0 saturated carbocycles. The van der Waals surface area contributed by atoms with Crippen LogP contribution in [-0.2, 0) is 0 Å². The van der Waals surface area contributed by atoms with Crippen LogP contribution in [0.5, 0.6) is 0 Å². The van der Waals surface area contributed by atoms with Crippen molar-refractivity contribution < 1.29 is 8.78 Å². The Balaban J connectivity index is 4.25. The smallest absolute Gasteiger partial charge is 0.110 e. The highest BCUT2D eigenvalue weighted by Gasteiger charge is 2.20. The van der Waals surface area contributed by atoms with Crippen molar-refractivity contribution in [1.82, 2.24) is 0 Å². The number of alkyl halides is 1. The lowest BCUT2D eigenvalue weighted by molar-refractivity contribution is 0.237. The van der Waals surface area contributed by atoms with E-state index in [9.17, 15) is 8.78 Å². The van der Waals surface area contributed by atoms with Crippen molar-refractivity contribution in [1.29, 1.82) is 0 Å². The second-order valence-electron chi connectivity index (χ2n) is 5.49. The Morgan fingerprint density at radius 3 is 2.55 bits per heavy atom. The van der Waals surface area contributed by atoms with Crippen LogP contribution in [0, 0.1) is 5.92 Å². The highest BCUT2D eigenvalue weighted by Crippen LogP contribution is 2.26. The van der Waals surface area contributed by atoms with Crippen LogP contribution in [-0.4, -0.2) is 17.2 Å². The van der Waals surface area contributed by atoms with Gasteiger partial charge in [-0.25, -0.2) is 8.78 Å². The van der Waals surface area contributed by atoms with Crippen LogP contribution in [0.25, 0.3) is 0 Å². The number of rotatable bonds is 10. The second kappa shape index (κ2) is 11.5. The van der Waals surface area contributed by atoms with Crippen molar-refractivity contribution in [2.24, 2.45) is 11.7 Å². The van der Waals surface area contributed by atoms with E-state index in [1.165, 1.54) is 11.6 Å². The van der Waals surface area contributed by atoms with Crippen LogP contribution >= 0.6 is 11.8 Å². The minimum atomic E-state index is -1.18. The fourth-order valence-corrected chi connectivity index (χ4v) is 2.77. The number of allylic oxidation sites excluding steroid dienone is 5. The van der Waals surface area contributed by atoms with Crippen LogP contribution in [0.3, 0.4) is 0 Å². The fourth-order valence-electron chi connectivity index (χ4n) is 1.71. The lowest BCUT2D eigenvalue weighted by Gasteiger charge is -2.17. The molecular formula is C18H29F2NS. The topological polar surface area (TPSA) is 26.0 Å². The Morgan fingerprint density at radius 1 is 1.36 bits per heavy atom. The second-order valence-corrected chi connectivity index (χ2v) is 6.94. The zero-order valence-electron chi connectivity index (χ0n) is 14.1. The molecule has 1 nitrogen and oxygen atoms in total. The molecule has 2 N–H and O–H groups in total. The molecule has 4 heteroatoms.